The van der Waals surface area contributed by atoms with Crippen LogP contribution in [0.2, 0.25) is 5.02 Å². The van der Waals surface area contributed by atoms with Crippen LogP contribution in [0.1, 0.15) is 37.0 Å². The highest BCUT2D eigenvalue weighted by molar-refractivity contribution is 6.33. The molecule has 1 saturated carbocycles. The molecule has 0 bridgehead atoms. The van der Waals surface area contributed by atoms with Crippen LogP contribution in [0.25, 0.3) is 0 Å². The summed E-state index contributed by atoms with van der Waals surface area (Å²) < 4.78 is 0. The summed E-state index contributed by atoms with van der Waals surface area (Å²) in [5.74, 6) is 1.15. The number of carbonyl (C=O) groups is 1. The Balaban J connectivity index is 2.03. The molecule has 0 aromatic carbocycles. The molecule has 1 aromatic heterocycles. The lowest BCUT2D eigenvalue weighted by molar-refractivity contribution is 0.0935. The minimum atomic E-state index is -0.105. The first kappa shape index (κ1) is 13.1. The predicted octanol–water partition coefficient (Wildman–Crippen LogP) is 2.70. The van der Waals surface area contributed by atoms with Gasteiger partial charge in [-0.3, -0.25) is 4.79 Å². The van der Waals surface area contributed by atoms with Gasteiger partial charge in [-0.1, -0.05) is 11.6 Å². The fourth-order valence-corrected chi connectivity index (χ4v) is 2.10. The number of hydrogen-bond donors (Lipinski definition) is 2. The second-order valence-corrected chi connectivity index (χ2v) is 5.09. The molecule has 0 saturated heterocycles. The number of anilines is 1. The highest BCUT2D eigenvalue weighted by atomic mass is 35.5. The van der Waals surface area contributed by atoms with Crippen molar-refractivity contribution in [2.45, 2.75) is 32.7 Å². The van der Waals surface area contributed by atoms with Crippen LogP contribution >= 0.6 is 11.6 Å². The number of nitrogens with one attached hydrogen (secondary N) is 2. The Bertz CT molecular complexity index is 446. The lowest BCUT2D eigenvalue weighted by Crippen LogP contribution is -2.34. The van der Waals surface area contributed by atoms with Crippen LogP contribution in [-0.2, 0) is 0 Å². The summed E-state index contributed by atoms with van der Waals surface area (Å²) in [5.41, 5.74) is 0.508. The van der Waals surface area contributed by atoms with Crippen molar-refractivity contribution >= 4 is 23.3 Å². The molecule has 1 heterocycles. The van der Waals surface area contributed by atoms with E-state index in [0.717, 1.165) is 6.54 Å². The molecule has 1 unspecified atom stereocenters. The number of aromatic nitrogens is 1. The third-order valence-electron chi connectivity index (χ3n) is 3.14. The zero-order chi connectivity index (χ0) is 13.1. The van der Waals surface area contributed by atoms with Gasteiger partial charge in [-0.2, -0.15) is 0 Å². The molecule has 2 rings (SSSR count). The monoisotopic (exact) mass is 267 g/mol. The van der Waals surface area contributed by atoms with Crippen LogP contribution in [0.15, 0.2) is 12.3 Å². The maximum Gasteiger partial charge on any atom is 0.253 e. The van der Waals surface area contributed by atoms with Crippen molar-refractivity contribution in [1.29, 1.82) is 0 Å². The van der Waals surface area contributed by atoms with Crippen LogP contribution in [0.3, 0.4) is 0 Å². The zero-order valence-electron chi connectivity index (χ0n) is 10.7. The van der Waals surface area contributed by atoms with E-state index in [-0.39, 0.29) is 11.9 Å². The number of amides is 1. The van der Waals surface area contributed by atoms with Gasteiger partial charge in [-0.25, -0.2) is 4.98 Å². The Morgan fingerprint density at radius 2 is 2.33 bits per heavy atom. The molecule has 98 valence electrons. The topological polar surface area (TPSA) is 54.0 Å². The van der Waals surface area contributed by atoms with Crippen molar-refractivity contribution in [1.82, 2.24) is 10.3 Å². The molecule has 1 amide bonds. The normalized spacial score (nSPS) is 16.2. The van der Waals surface area contributed by atoms with Crippen molar-refractivity contribution in [2.75, 3.05) is 11.9 Å². The van der Waals surface area contributed by atoms with Gasteiger partial charge in [0.15, 0.2) is 0 Å². The molecule has 1 aromatic rings. The van der Waals surface area contributed by atoms with E-state index < -0.39 is 0 Å². The van der Waals surface area contributed by atoms with Gasteiger partial charge in [0.1, 0.15) is 5.82 Å². The smallest absolute Gasteiger partial charge is 0.253 e. The van der Waals surface area contributed by atoms with Gasteiger partial charge in [0.05, 0.1) is 10.6 Å². The quantitative estimate of drug-likeness (QED) is 0.862. The summed E-state index contributed by atoms with van der Waals surface area (Å²) in [6.45, 7) is 4.75. The van der Waals surface area contributed by atoms with E-state index in [4.69, 9.17) is 11.6 Å². The predicted molar refractivity (Wildman–Crippen MR) is 73.1 cm³/mol. The molecule has 0 spiro atoms. The number of carbonyl (C=O) groups excluding carboxylic acids is 1. The standard InChI is InChI=1S/C13H18ClN3O/c1-3-15-12-11(14)6-10(7-16-12)13(18)17-8(2)9-4-5-9/h6-9H,3-5H2,1-2H3,(H,15,16)(H,17,18). The number of nitrogens with zero attached hydrogens (tertiary/aromatic N) is 1. The van der Waals surface area contributed by atoms with E-state index in [0.29, 0.717) is 22.3 Å². The van der Waals surface area contributed by atoms with Gasteiger partial charge < -0.3 is 10.6 Å². The maximum atomic E-state index is 12.0. The number of rotatable bonds is 5. The van der Waals surface area contributed by atoms with Gasteiger partial charge in [0, 0.05) is 18.8 Å². The van der Waals surface area contributed by atoms with E-state index in [2.05, 4.69) is 15.6 Å². The molecule has 0 radical (unpaired) electrons. The van der Waals surface area contributed by atoms with Gasteiger partial charge >= 0.3 is 0 Å². The molecule has 1 atom stereocenters. The highest BCUT2D eigenvalue weighted by Crippen LogP contribution is 2.32. The summed E-state index contributed by atoms with van der Waals surface area (Å²) in [6, 6.07) is 1.88. The summed E-state index contributed by atoms with van der Waals surface area (Å²) in [4.78, 5) is 16.1. The van der Waals surface area contributed by atoms with Crippen LogP contribution in [0.5, 0.6) is 0 Å². The Hall–Kier alpha value is -1.29. The van der Waals surface area contributed by atoms with E-state index in [1.807, 2.05) is 13.8 Å². The largest absolute Gasteiger partial charge is 0.369 e. The van der Waals surface area contributed by atoms with E-state index in [9.17, 15) is 4.79 Å². The summed E-state index contributed by atoms with van der Waals surface area (Å²) in [6.07, 6.45) is 3.97. The first-order valence-electron chi connectivity index (χ1n) is 6.32. The Kier molecular flexibility index (Phi) is 4.07. The number of pyridine rings is 1. The molecule has 1 fully saturated rings. The van der Waals surface area contributed by atoms with Crippen LogP contribution in [0, 0.1) is 5.92 Å². The zero-order valence-corrected chi connectivity index (χ0v) is 11.4. The molecular weight excluding hydrogens is 250 g/mol. The minimum Gasteiger partial charge on any atom is -0.369 e. The Labute approximate surface area is 112 Å². The summed E-state index contributed by atoms with van der Waals surface area (Å²) >= 11 is 6.06. The van der Waals surface area contributed by atoms with Crippen LogP contribution < -0.4 is 10.6 Å². The molecular formula is C13H18ClN3O. The molecule has 4 nitrogen and oxygen atoms in total. The number of hydrogen-bond acceptors (Lipinski definition) is 3. The molecule has 0 aliphatic heterocycles. The fraction of sp³-hybridized carbons (Fsp3) is 0.538. The summed E-state index contributed by atoms with van der Waals surface area (Å²) in [7, 11) is 0. The van der Waals surface area contributed by atoms with E-state index in [1.54, 1.807) is 12.3 Å². The Morgan fingerprint density at radius 1 is 1.61 bits per heavy atom. The van der Waals surface area contributed by atoms with Crippen LogP contribution in [0.4, 0.5) is 5.82 Å². The van der Waals surface area contributed by atoms with Crippen molar-refractivity contribution < 1.29 is 4.79 Å². The fourth-order valence-electron chi connectivity index (χ4n) is 1.86. The number of halogens is 1. The van der Waals surface area contributed by atoms with Gasteiger partial charge in [-0.15, -0.1) is 0 Å². The van der Waals surface area contributed by atoms with Crippen molar-refractivity contribution in [3.8, 4) is 0 Å². The average molecular weight is 268 g/mol. The second-order valence-electron chi connectivity index (χ2n) is 4.68. The van der Waals surface area contributed by atoms with E-state index >= 15 is 0 Å². The Morgan fingerprint density at radius 3 is 2.89 bits per heavy atom. The van der Waals surface area contributed by atoms with Crippen molar-refractivity contribution in [2.24, 2.45) is 5.92 Å². The van der Waals surface area contributed by atoms with Gasteiger partial charge in [0.2, 0.25) is 0 Å². The maximum absolute atomic E-state index is 12.0. The molecule has 5 heteroatoms. The van der Waals surface area contributed by atoms with Crippen LogP contribution in [-0.4, -0.2) is 23.5 Å². The molecule has 1 aliphatic carbocycles. The van der Waals surface area contributed by atoms with Crippen molar-refractivity contribution in [3.63, 3.8) is 0 Å². The molecule has 2 N–H and O–H groups in total. The van der Waals surface area contributed by atoms with E-state index in [1.165, 1.54) is 12.8 Å². The van der Waals surface area contributed by atoms with Crippen molar-refractivity contribution in [3.05, 3.63) is 22.8 Å². The third-order valence-corrected chi connectivity index (χ3v) is 3.42. The van der Waals surface area contributed by atoms with Gasteiger partial charge in [-0.05, 0) is 38.7 Å². The first-order chi connectivity index (χ1) is 8.61. The summed E-state index contributed by atoms with van der Waals surface area (Å²) in [5, 5.41) is 6.49. The second kappa shape index (κ2) is 5.57. The SMILES string of the molecule is CCNc1ncc(C(=O)NC(C)C2CC2)cc1Cl. The third kappa shape index (κ3) is 3.13. The molecule has 1 aliphatic rings. The van der Waals surface area contributed by atoms with Gasteiger partial charge in [0.25, 0.3) is 5.91 Å². The first-order valence-corrected chi connectivity index (χ1v) is 6.70. The molecule has 18 heavy (non-hydrogen) atoms. The minimum absolute atomic E-state index is 0.105. The lowest BCUT2D eigenvalue weighted by Gasteiger charge is -2.13. The highest BCUT2D eigenvalue weighted by Gasteiger charge is 2.29. The average Bonchev–Trinajstić information content (AvgIpc) is 3.15. The lowest BCUT2D eigenvalue weighted by atomic mass is 10.2.